The highest BCUT2D eigenvalue weighted by Gasteiger charge is 2.31. The second-order valence-corrected chi connectivity index (χ2v) is 8.79. The van der Waals surface area contributed by atoms with Crippen molar-refractivity contribution in [2.45, 2.75) is 44.7 Å². The first kappa shape index (κ1) is 20.2. The van der Waals surface area contributed by atoms with E-state index in [2.05, 4.69) is 11.1 Å². The van der Waals surface area contributed by atoms with Crippen LogP contribution < -0.4 is 4.90 Å². The van der Waals surface area contributed by atoms with E-state index in [4.69, 9.17) is 0 Å². The highest BCUT2D eigenvalue weighted by molar-refractivity contribution is 7.14. The Morgan fingerprint density at radius 1 is 1.00 bits per heavy atom. The minimum atomic E-state index is -4.38. The molecule has 1 fully saturated rings. The van der Waals surface area contributed by atoms with Gasteiger partial charge in [-0.3, -0.25) is 4.79 Å². The van der Waals surface area contributed by atoms with Crippen LogP contribution in [0.5, 0.6) is 0 Å². The van der Waals surface area contributed by atoms with Crippen LogP contribution in [0.1, 0.15) is 51.4 Å². The van der Waals surface area contributed by atoms with Crippen molar-refractivity contribution in [2.24, 2.45) is 0 Å². The Hall–Kier alpha value is -2.09. The van der Waals surface area contributed by atoms with Crippen LogP contribution in [-0.2, 0) is 19.0 Å². The molecule has 2 aliphatic rings. The molecular weight excluding hydrogens is 399 g/mol. The molecule has 0 bridgehead atoms. The fourth-order valence-electron chi connectivity index (χ4n) is 3.98. The number of thiophene rings is 1. The maximum atomic E-state index is 13.0. The molecule has 0 atom stereocenters. The van der Waals surface area contributed by atoms with Gasteiger partial charge in [-0.2, -0.15) is 13.2 Å². The summed E-state index contributed by atoms with van der Waals surface area (Å²) in [5.41, 5.74) is 0.592. The van der Waals surface area contributed by atoms with Crippen molar-refractivity contribution in [3.63, 3.8) is 0 Å². The lowest BCUT2D eigenvalue weighted by Gasteiger charge is -2.35. The van der Waals surface area contributed by atoms with Crippen LogP contribution in [0, 0.1) is 0 Å². The number of aryl methyl sites for hydroxylation is 2. The van der Waals surface area contributed by atoms with Gasteiger partial charge in [-0.25, -0.2) is 4.98 Å². The Bertz CT molecular complexity index is 830. The number of amides is 1. The molecule has 1 aliphatic carbocycles. The highest BCUT2D eigenvalue weighted by atomic mass is 32.1. The van der Waals surface area contributed by atoms with Gasteiger partial charge < -0.3 is 9.80 Å². The molecule has 1 saturated heterocycles. The molecule has 0 radical (unpaired) electrons. The molecular formula is C21H24F3N3OS. The lowest BCUT2D eigenvalue weighted by Crippen LogP contribution is -2.48. The minimum absolute atomic E-state index is 0.0711. The van der Waals surface area contributed by atoms with Crippen molar-refractivity contribution in [3.05, 3.63) is 45.3 Å². The SMILES string of the molecule is O=C(c1cc2c(s1)CCCCCC2)N1CCN(c2ccc(C(F)(F)F)cn2)CC1. The quantitative estimate of drug-likeness (QED) is 0.697. The molecule has 4 rings (SSSR count). The number of rotatable bonds is 2. The molecule has 3 heterocycles. The zero-order valence-corrected chi connectivity index (χ0v) is 17.0. The van der Waals surface area contributed by atoms with E-state index in [0.29, 0.717) is 32.0 Å². The van der Waals surface area contributed by atoms with Crippen LogP contribution in [0.25, 0.3) is 0 Å². The summed E-state index contributed by atoms with van der Waals surface area (Å²) in [5.74, 6) is 0.589. The third-order valence-electron chi connectivity index (χ3n) is 5.67. The molecule has 0 saturated carbocycles. The largest absolute Gasteiger partial charge is 0.417 e. The van der Waals surface area contributed by atoms with Gasteiger partial charge in [0.05, 0.1) is 10.4 Å². The number of alkyl halides is 3. The first-order valence-electron chi connectivity index (χ1n) is 10.1. The number of hydrogen-bond donors (Lipinski definition) is 0. The maximum Gasteiger partial charge on any atom is 0.417 e. The van der Waals surface area contributed by atoms with Gasteiger partial charge in [-0.1, -0.05) is 12.8 Å². The Morgan fingerprint density at radius 3 is 2.38 bits per heavy atom. The predicted molar refractivity (Wildman–Crippen MR) is 108 cm³/mol. The monoisotopic (exact) mass is 423 g/mol. The molecule has 8 heteroatoms. The Balaban J connectivity index is 1.38. The normalized spacial score (nSPS) is 18.2. The third-order valence-corrected chi connectivity index (χ3v) is 6.90. The van der Waals surface area contributed by atoms with Crippen LogP contribution in [0.4, 0.5) is 19.0 Å². The van der Waals surface area contributed by atoms with Crippen LogP contribution in [-0.4, -0.2) is 42.0 Å². The van der Waals surface area contributed by atoms with Gasteiger partial charge >= 0.3 is 6.18 Å². The van der Waals surface area contributed by atoms with E-state index < -0.39 is 11.7 Å². The van der Waals surface area contributed by atoms with Crippen molar-refractivity contribution in [3.8, 4) is 0 Å². The van der Waals surface area contributed by atoms with Crippen molar-refractivity contribution in [1.82, 2.24) is 9.88 Å². The predicted octanol–water partition coefficient (Wildman–Crippen LogP) is 4.78. The molecule has 29 heavy (non-hydrogen) atoms. The average molecular weight is 424 g/mol. The molecule has 156 valence electrons. The van der Waals surface area contributed by atoms with Crippen molar-refractivity contribution in [1.29, 1.82) is 0 Å². The molecule has 4 nitrogen and oxygen atoms in total. The van der Waals surface area contributed by atoms with Crippen molar-refractivity contribution >= 4 is 23.1 Å². The van der Waals surface area contributed by atoms with E-state index in [1.807, 2.05) is 9.80 Å². The van der Waals surface area contributed by atoms with E-state index in [1.165, 1.54) is 42.2 Å². The van der Waals surface area contributed by atoms with Gasteiger partial charge in [0.2, 0.25) is 0 Å². The minimum Gasteiger partial charge on any atom is -0.353 e. The van der Waals surface area contributed by atoms with Gasteiger partial charge in [0.1, 0.15) is 5.82 Å². The second kappa shape index (κ2) is 8.34. The lowest BCUT2D eigenvalue weighted by atomic mass is 10.00. The van der Waals surface area contributed by atoms with E-state index in [1.54, 1.807) is 11.3 Å². The number of piperazine rings is 1. The average Bonchev–Trinajstić information content (AvgIpc) is 3.09. The van der Waals surface area contributed by atoms with E-state index in [0.717, 1.165) is 30.0 Å². The number of carbonyl (C=O) groups excluding carboxylic acids is 1. The second-order valence-electron chi connectivity index (χ2n) is 7.66. The van der Waals surface area contributed by atoms with Crippen LogP contribution in [0.15, 0.2) is 24.4 Å². The van der Waals surface area contributed by atoms with Crippen LogP contribution in [0.2, 0.25) is 0 Å². The topological polar surface area (TPSA) is 36.4 Å². The van der Waals surface area contributed by atoms with Crippen molar-refractivity contribution < 1.29 is 18.0 Å². The van der Waals surface area contributed by atoms with Crippen LogP contribution >= 0.6 is 11.3 Å². The summed E-state index contributed by atoms with van der Waals surface area (Å²) in [7, 11) is 0. The number of nitrogens with zero attached hydrogens (tertiary/aromatic N) is 3. The van der Waals surface area contributed by atoms with E-state index in [9.17, 15) is 18.0 Å². The molecule has 0 unspecified atom stereocenters. The molecule has 0 aromatic carbocycles. The zero-order valence-electron chi connectivity index (χ0n) is 16.2. The fourth-order valence-corrected chi connectivity index (χ4v) is 5.21. The van der Waals surface area contributed by atoms with Gasteiger partial charge in [0.25, 0.3) is 5.91 Å². The van der Waals surface area contributed by atoms with Gasteiger partial charge in [-0.15, -0.1) is 11.3 Å². The highest BCUT2D eigenvalue weighted by Crippen LogP contribution is 2.31. The summed E-state index contributed by atoms with van der Waals surface area (Å²) in [4.78, 5) is 22.9. The Labute approximate surface area is 172 Å². The molecule has 2 aromatic rings. The molecule has 0 N–H and O–H groups in total. The Morgan fingerprint density at radius 2 is 1.72 bits per heavy atom. The van der Waals surface area contributed by atoms with E-state index in [-0.39, 0.29) is 5.91 Å². The van der Waals surface area contributed by atoms with Gasteiger partial charge in [-0.05, 0) is 49.4 Å². The molecule has 1 aliphatic heterocycles. The Kier molecular flexibility index (Phi) is 5.81. The maximum absolute atomic E-state index is 13.0. The summed E-state index contributed by atoms with van der Waals surface area (Å²) in [6, 6.07) is 4.54. The van der Waals surface area contributed by atoms with Gasteiger partial charge in [0.15, 0.2) is 0 Å². The molecule has 0 spiro atoms. The van der Waals surface area contributed by atoms with Crippen molar-refractivity contribution in [2.75, 3.05) is 31.1 Å². The summed E-state index contributed by atoms with van der Waals surface area (Å²) in [5, 5.41) is 0. The number of aromatic nitrogens is 1. The summed E-state index contributed by atoms with van der Waals surface area (Å²) < 4.78 is 38.1. The third kappa shape index (κ3) is 4.57. The molecule has 1 amide bonds. The fraction of sp³-hybridized carbons (Fsp3) is 0.524. The number of pyridine rings is 1. The number of halogens is 3. The molecule has 2 aromatic heterocycles. The number of fused-ring (bicyclic) bond motifs is 1. The van der Waals surface area contributed by atoms with Crippen LogP contribution in [0.3, 0.4) is 0 Å². The number of carbonyl (C=O) groups is 1. The zero-order chi connectivity index (χ0) is 20.4. The first-order valence-corrected chi connectivity index (χ1v) is 10.9. The standard InChI is InChI=1S/C21H24F3N3OS/c22-21(23,24)16-7-8-19(25-14-16)26-9-11-27(12-10-26)20(28)18-13-15-5-3-1-2-4-6-17(15)29-18/h7-8,13-14H,1-6,9-12H2. The summed E-state index contributed by atoms with van der Waals surface area (Å²) in [6.45, 7) is 2.22. The summed E-state index contributed by atoms with van der Waals surface area (Å²) in [6.07, 6.45) is 3.53. The number of anilines is 1. The summed E-state index contributed by atoms with van der Waals surface area (Å²) >= 11 is 1.64. The smallest absolute Gasteiger partial charge is 0.353 e. The van der Waals surface area contributed by atoms with Gasteiger partial charge in [0, 0.05) is 37.3 Å². The first-order chi connectivity index (χ1) is 13.9. The van der Waals surface area contributed by atoms with E-state index >= 15 is 0 Å². The number of hydrogen-bond acceptors (Lipinski definition) is 4. The lowest BCUT2D eigenvalue weighted by molar-refractivity contribution is -0.137.